The van der Waals surface area contributed by atoms with E-state index in [9.17, 15) is 4.79 Å². The minimum absolute atomic E-state index is 0.0482. The highest BCUT2D eigenvalue weighted by atomic mass is 32.1. The molecule has 0 aliphatic carbocycles. The monoisotopic (exact) mass is 452 g/mol. The number of amides is 1. The number of hydrogen-bond acceptors (Lipinski definition) is 7. The van der Waals surface area contributed by atoms with Gasteiger partial charge >= 0.3 is 0 Å². The standard InChI is InChI=1S/C24H28N4O3S/c1-17(18-6-7-20-21(14-18)31-13-12-30-20)25-23(29)15-27-8-10-28(11-9-27)16-24-26-19-4-2-3-5-22(19)32-24/h2-7,14,17H,8-13,15-16H2,1H3,(H,25,29)/t17-/m0/s1. The fourth-order valence-electron chi connectivity index (χ4n) is 4.19. The van der Waals surface area contributed by atoms with Crippen molar-refractivity contribution < 1.29 is 14.3 Å². The number of para-hydroxylation sites is 1. The Morgan fingerprint density at radius 2 is 1.81 bits per heavy atom. The molecular formula is C24H28N4O3S. The summed E-state index contributed by atoms with van der Waals surface area (Å²) >= 11 is 1.77. The number of carbonyl (C=O) groups is 1. The van der Waals surface area contributed by atoms with Crippen LogP contribution in [0.4, 0.5) is 0 Å². The summed E-state index contributed by atoms with van der Waals surface area (Å²) in [6.07, 6.45) is 0. The highest BCUT2D eigenvalue weighted by molar-refractivity contribution is 7.18. The van der Waals surface area contributed by atoms with E-state index in [1.807, 2.05) is 31.2 Å². The van der Waals surface area contributed by atoms with E-state index in [2.05, 4.69) is 33.3 Å². The second-order valence-electron chi connectivity index (χ2n) is 8.32. The molecule has 168 valence electrons. The van der Waals surface area contributed by atoms with Crippen LogP contribution in [-0.4, -0.2) is 66.6 Å². The number of nitrogens with one attached hydrogen (secondary N) is 1. The number of carbonyl (C=O) groups excluding carboxylic acids is 1. The van der Waals surface area contributed by atoms with Crippen molar-refractivity contribution in [3.63, 3.8) is 0 Å². The van der Waals surface area contributed by atoms with Crippen LogP contribution in [0.25, 0.3) is 10.2 Å². The molecule has 1 N–H and O–H groups in total. The number of fused-ring (bicyclic) bond motifs is 2. The SMILES string of the molecule is C[C@H](NC(=O)CN1CCN(Cc2nc3ccccc3s2)CC1)c1ccc2c(c1)OCCO2. The van der Waals surface area contributed by atoms with Gasteiger partial charge in [0.05, 0.1) is 29.3 Å². The molecule has 0 saturated carbocycles. The van der Waals surface area contributed by atoms with Crippen molar-refractivity contribution in [1.29, 1.82) is 0 Å². The number of rotatable bonds is 6. The topological polar surface area (TPSA) is 66.9 Å². The smallest absolute Gasteiger partial charge is 0.234 e. The van der Waals surface area contributed by atoms with Gasteiger partial charge in [-0.25, -0.2) is 4.98 Å². The van der Waals surface area contributed by atoms with Gasteiger partial charge in [-0.2, -0.15) is 0 Å². The maximum atomic E-state index is 12.6. The fourth-order valence-corrected chi connectivity index (χ4v) is 5.20. The number of piperazine rings is 1. The van der Waals surface area contributed by atoms with E-state index in [-0.39, 0.29) is 11.9 Å². The summed E-state index contributed by atoms with van der Waals surface area (Å²) in [5, 5.41) is 4.28. The zero-order valence-corrected chi connectivity index (χ0v) is 19.1. The molecule has 2 aromatic carbocycles. The molecule has 1 amide bonds. The third kappa shape index (κ3) is 4.87. The van der Waals surface area contributed by atoms with Gasteiger partial charge in [-0.3, -0.25) is 14.6 Å². The molecule has 1 atom stereocenters. The average Bonchev–Trinajstić information content (AvgIpc) is 3.22. The normalized spacial score (nSPS) is 17.9. The van der Waals surface area contributed by atoms with Crippen molar-refractivity contribution in [2.75, 3.05) is 45.9 Å². The molecule has 2 aliphatic heterocycles. The van der Waals surface area contributed by atoms with Crippen LogP contribution in [0.2, 0.25) is 0 Å². The van der Waals surface area contributed by atoms with Crippen LogP contribution < -0.4 is 14.8 Å². The van der Waals surface area contributed by atoms with Crippen LogP contribution in [0.15, 0.2) is 42.5 Å². The number of nitrogens with zero attached hydrogens (tertiary/aromatic N) is 3. The largest absolute Gasteiger partial charge is 0.486 e. The Labute approximate surface area is 191 Å². The maximum absolute atomic E-state index is 12.6. The number of ether oxygens (including phenoxy) is 2. The van der Waals surface area contributed by atoms with Crippen LogP contribution in [-0.2, 0) is 11.3 Å². The Kier molecular flexibility index (Phi) is 6.25. The maximum Gasteiger partial charge on any atom is 0.234 e. The quantitative estimate of drug-likeness (QED) is 0.620. The van der Waals surface area contributed by atoms with Crippen LogP contribution in [0.5, 0.6) is 11.5 Å². The van der Waals surface area contributed by atoms with E-state index in [0.717, 1.165) is 60.3 Å². The molecule has 0 spiro atoms. The summed E-state index contributed by atoms with van der Waals surface area (Å²) in [4.78, 5) is 22.0. The summed E-state index contributed by atoms with van der Waals surface area (Å²) in [5.74, 6) is 1.56. The number of aromatic nitrogens is 1. The van der Waals surface area contributed by atoms with Crippen LogP contribution in [0, 0.1) is 0 Å². The van der Waals surface area contributed by atoms with Crippen molar-refractivity contribution >= 4 is 27.5 Å². The predicted octanol–water partition coefficient (Wildman–Crippen LogP) is 3.06. The molecule has 7 nitrogen and oxygen atoms in total. The zero-order chi connectivity index (χ0) is 21.9. The third-order valence-corrected chi connectivity index (χ3v) is 6.99. The van der Waals surface area contributed by atoms with Crippen LogP contribution in [0.1, 0.15) is 23.5 Å². The lowest BCUT2D eigenvalue weighted by Crippen LogP contribution is -2.49. The first-order valence-corrected chi connectivity index (χ1v) is 11.9. The third-order valence-electron chi connectivity index (χ3n) is 5.97. The first kappa shape index (κ1) is 21.2. The van der Waals surface area contributed by atoms with Gasteiger partial charge < -0.3 is 14.8 Å². The average molecular weight is 453 g/mol. The van der Waals surface area contributed by atoms with Gasteiger partial charge in [-0.1, -0.05) is 18.2 Å². The predicted molar refractivity (Wildman–Crippen MR) is 125 cm³/mol. The van der Waals surface area contributed by atoms with Gasteiger partial charge in [0.1, 0.15) is 18.2 Å². The van der Waals surface area contributed by atoms with Gasteiger partial charge in [0, 0.05) is 26.2 Å². The molecule has 0 bridgehead atoms. The minimum Gasteiger partial charge on any atom is -0.486 e. The molecule has 1 saturated heterocycles. The number of benzene rings is 2. The Morgan fingerprint density at radius 3 is 2.62 bits per heavy atom. The molecule has 1 fully saturated rings. The summed E-state index contributed by atoms with van der Waals surface area (Å²) in [7, 11) is 0. The van der Waals surface area contributed by atoms with E-state index >= 15 is 0 Å². The first-order chi connectivity index (χ1) is 15.6. The van der Waals surface area contributed by atoms with Gasteiger partial charge in [-0.15, -0.1) is 11.3 Å². The lowest BCUT2D eigenvalue weighted by molar-refractivity contribution is -0.123. The Morgan fingerprint density at radius 1 is 1.06 bits per heavy atom. The Hall–Kier alpha value is -2.68. The molecule has 2 aliphatic rings. The summed E-state index contributed by atoms with van der Waals surface area (Å²) in [6.45, 7) is 8.09. The van der Waals surface area contributed by atoms with E-state index < -0.39 is 0 Å². The first-order valence-electron chi connectivity index (χ1n) is 11.1. The Bertz CT molecular complexity index is 1060. The van der Waals surface area contributed by atoms with Crippen molar-refractivity contribution in [3.05, 3.63) is 53.0 Å². The zero-order valence-electron chi connectivity index (χ0n) is 18.3. The second-order valence-corrected chi connectivity index (χ2v) is 9.44. The van der Waals surface area contributed by atoms with Crippen molar-refractivity contribution in [1.82, 2.24) is 20.1 Å². The van der Waals surface area contributed by atoms with Gasteiger partial charge in [-0.05, 0) is 36.8 Å². The van der Waals surface area contributed by atoms with Crippen LogP contribution in [0.3, 0.4) is 0 Å². The van der Waals surface area contributed by atoms with Gasteiger partial charge in [0.2, 0.25) is 5.91 Å². The molecule has 5 rings (SSSR count). The van der Waals surface area contributed by atoms with Crippen molar-refractivity contribution in [2.24, 2.45) is 0 Å². The van der Waals surface area contributed by atoms with Gasteiger partial charge in [0.15, 0.2) is 11.5 Å². The van der Waals surface area contributed by atoms with E-state index in [4.69, 9.17) is 14.5 Å². The molecule has 3 aromatic rings. The number of thiazole rings is 1. The van der Waals surface area contributed by atoms with Crippen LogP contribution >= 0.6 is 11.3 Å². The highest BCUT2D eigenvalue weighted by Gasteiger charge is 2.21. The second kappa shape index (κ2) is 9.44. The Balaban J connectivity index is 1.09. The molecule has 1 aromatic heterocycles. The fraction of sp³-hybridized carbons (Fsp3) is 0.417. The summed E-state index contributed by atoms with van der Waals surface area (Å²) in [6, 6.07) is 14.1. The molecule has 32 heavy (non-hydrogen) atoms. The van der Waals surface area contributed by atoms with Gasteiger partial charge in [0.25, 0.3) is 0 Å². The molecule has 3 heterocycles. The molecular weight excluding hydrogens is 424 g/mol. The van der Waals surface area contributed by atoms with E-state index in [1.54, 1.807) is 11.3 Å². The number of hydrogen-bond donors (Lipinski definition) is 1. The van der Waals surface area contributed by atoms with E-state index in [1.165, 1.54) is 4.70 Å². The lowest BCUT2D eigenvalue weighted by Gasteiger charge is -2.34. The summed E-state index contributed by atoms with van der Waals surface area (Å²) in [5.41, 5.74) is 2.10. The highest BCUT2D eigenvalue weighted by Crippen LogP contribution is 2.32. The van der Waals surface area contributed by atoms with Crippen molar-refractivity contribution in [2.45, 2.75) is 19.5 Å². The van der Waals surface area contributed by atoms with Crippen molar-refractivity contribution in [3.8, 4) is 11.5 Å². The lowest BCUT2D eigenvalue weighted by atomic mass is 10.1. The van der Waals surface area contributed by atoms with E-state index in [0.29, 0.717) is 19.8 Å². The minimum atomic E-state index is -0.0846. The molecule has 0 unspecified atom stereocenters. The molecule has 8 heteroatoms. The molecule has 0 radical (unpaired) electrons. The summed E-state index contributed by atoms with van der Waals surface area (Å²) < 4.78 is 12.5.